The minimum atomic E-state index is -1.09. The number of carbonyl (C=O) groups excluding carboxylic acids is 5. The van der Waals surface area contributed by atoms with Crippen molar-refractivity contribution in [3.63, 3.8) is 0 Å². The van der Waals surface area contributed by atoms with Gasteiger partial charge in [0.25, 0.3) is 0 Å². The summed E-state index contributed by atoms with van der Waals surface area (Å²) in [6.45, 7) is 3.79. The molecule has 0 saturated heterocycles. The first-order valence-electron chi connectivity index (χ1n) is 23.4. The van der Waals surface area contributed by atoms with Crippen LogP contribution in [-0.2, 0) is 39.0 Å². The molecule has 6 N–H and O–H groups in total. The first-order valence-corrected chi connectivity index (χ1v) is 23.4. The number of nitrogens with one attached hydrogen (secondary N) is 5. The van der Waals surface area contributed by atoms with Gasteiger partial charge in [-0.05, 0) is 83.5 Å². The number of methoxy groups -OCH3 is 2. The van der Waals surface area contributed by atoms with E-state index in [9.17, 15) is 29.1 Å². The Morgan fingerprint density at radius 2 is 1.11 bits per heavy atom. The SMILES string of the molecule is COc1ccc(C(OCC(O)COCCCNC(=O)CCC(=O)NC(C)C(=O)NC(C)C(=O)NCCNC(=O)OCC2c3ccccc3-c3ccccc32)(c2ccccc2)c2ccc(OC)cc2)cc1. The lowest BCUT2D eigenvalue weighted by molar-refractivity contribution is -0.132. The van der Waals surface area contributed by atoms with E-state index in [-0.39, 0.29) is 70.7 Å². The zero-order chi connectivity index (χ0) is 49.9. The van der Waals surface area contributed by atoms with Gasteiger partial charge < -0.3 is 55.4 Å². The molecular formula is C54H63N5O11. The van der Waals surface area contributed by atoms with Crippen LogP contribution in [0, 0.1) is 0 Å². The zero-order valence-corrected chi connectivity index (χ0v) is 40.0. The average molecular weight is 958 g/mol. The first-order chi connectivity index (χ1) is 33.9. The number of amides is 5. The third-order valence-corrected chi connectivity index (χ3v) is 11.9. The topological polar surface area (TPSA) is 212 Å². The Labute approximate surface area is 408 Å². The number of aliphatic hydroxyl groups excluding tert-OH is 1. The van der Waals surface area contributed by atoms with Gasteiger partial charge in [-0.15, -0.1) is 0 Å². The van der Waals surface area contributed by atoms with E-state index >= 15 is 0 Å². The molecule has 0 radical (unpaired) electrons. The fourth-order valence-electron chi connectivity index (χ4n) is 8.22. The Balaban J connectivity index is 0.829. The summed E-state index contributed by atoms with van der Waals surface area (Å²) in [6, 6.07) is 39.1. The van der Waals surface area contributed by atoms with E-state index in [1.165, 1.54) is 13.8 Å². The third-order valence-electron chi connectivity index (χ3n) is 11.9. The van der Waals surface area contributed by atoms with E-state index in [0.717, 1.165) is 38.9 Å². The van der Waals surface area contributed by atoms with Crippen LogP contribution in [0.4, 0.5) is 4.79 Å². The van der Waals surface area contributed by atoms with Gasteiger partial charge in [-0.25, -0.2) is 4.79 Å². The van der Waals surface area contributed by atoms with Crippen LogP contribution in [0.3, 0.4) is 0 Å². The van der Waals surface area contributed by atoms with E-state index in [1.54, 1.807) is 14.2 Å². The van der Waals surface area contributed by atoms with Crippen LogP contribution in [-0.4, -0.2) is 113 Å². The van der Waals surface area contributed by atoms with E-state index < -0.39 is 47.6 Å². The number of carbonyl (C=O) groups is 5. The minimum Gasteiger partial charge on any atom is -0.497 e. The van der Waals surface area contributed by atoms with E-state index in [0.29, 0.717) is 17.9 Å². The largest absolute Gasteiger partial charge is 0.497 e. The molecule has 370 valence electrons. The predicted molar refractivity (Wildman–Crippen MR) is 263 cm³/mol. The van der Waals surface area contributed by atoms with Crippen LogP contribution < -0.4 is 36.1 Å². The van der Waals surface area contributed by atoms with E-state index in [1.807, 2.05) is 115 Å². The van der Waals surface area contributed by atoms with Gasteiger partial charge in [0.05, 0.1) is 27.4 Å². The van der Waals surface area contributed by atoms with Gasteiger partial charge >= 0.3 is 6.09 Å². The normalized spacial score (nSPS) is 13.1. The van der Waals surface area contributed by atoms with Gasteiger partial charge in [-0.2, -0.15) is 0 Å². The predicted octanol–water partition coefficient (Wildman–Crippen LogP) is 5.34. The second-order valence-corrected chi connectivity index (χ2v) is 16.8. The maximum atomic E-state index is 12.8. The molecule has 5 aromatic rings. The molecular weight excluding hydrogens is 895 g/mol. The van der Waals surface area contributed by atoms with Crippen LogP contribution in [0.5, 0.6) is 11.5 Å². The fourth-order valence-corrected chi connectivity index (χ4v) is 8.22. The van der Waals surface area contributed by atoms with Crippen molar-refractivity contribution < 1.29 is 52.8 Å². The Bertz CT molecular complexity index is 2410. The number of aliphatic hydroxyl groups is 1. The Kier molecular flexibility index (Phi) is 19.3. The Hall–Kier alpha value is -7.27. The number of rotatable bonds is 26. The molecule has 16 heteroatoms. The van der Waals surface area contributed by atoms with Crippen molar-refractivity contribution in [1.82, 2.24) is 26.6 Å². The Morgan fingerprint density at radius 3 is 1.71 bits per heavy atom. The molecule has 0 bridgehead atoms. The number of alkyl carbamates (subject to hydrolysis) is 1. The number of hydrogen-bond acceptors (Lipinski definition) is 11. The molecule has 16 nitrogen and oxygen atoms in total. The summed E-state index contributed by atoms with van der Waals surface area (Å²) in [4.78, 5) is 62.9. The summed E-state index contributed by atoms with van der Waals surface area (Å²) in [5, 5.41) is 24.2. The number of fused-ring (bicyclic) bond motifs is 3. The third kappa shape index (κ3) is 13.9. The molecule has 3 unspecified atom stereocenters. The highest BCUT2D eigenvalue weighted by atomic mass is 16.5. The van der Waals surface area contributed by atoms with Crippen molar-refractivity contribution in [3.8, 4) is 22.6 Å². The molecule has 0 aliphatic heterocycles. The van der Waals surface area contributed by atoms with Crippen LogP contribution in [0.1, 0.15) is 66.8 Å². The van der Waals surface area contributed by atoms with Crippen molar-refractivity contribution in [3.05, 3.63) is 155 Å². The standard InChI is InChI=1S/C54H63N5O11/c1-36(51(63)56-30-31-57-53(65)69-35-48-46-17-10-8-15-44(46)45-16-9-11-18-47(45)48)59-52(64)37(2)58-50(62)28-27-49(61)55-29-12-32-68-33-41(60)34-70-54(38-13-6-5-7-14-38,39-19-23-42(66-3)24-20-39)40-21-25-43(67-4)26-22-40/h5-11,13-26,36-37,41,48,60H,12,27-35H2,1-4H3,(H,55,61)(H,56,63)(H,57,65)(H,58,62)(H,59,64). The molecule has 1 aliphatic carbocycles. The molecule has 0 heterocycles. The van der Waals surface area contributed by atoms with Gasteiger partial charge in [0, 0.05) is 45.0 Å². The van der Waals surface area contributed by atoms with Crippen molar-refractivity contribution in [2.75, 3.05) is 60.3 Å². The van der Waals surface area contributed by atoms with Crippen LogP contribution in [0.2, 0.25) is 0 Å². The van der Waals surface area contributed by atoms with Crippen molar-refractivity contribution in [2.24, 2.45) is 0 Å². The highest BCUT2D eigenvalue weighted by molar-refractivity contribution is 5.92. The monoisotopic (exact) mass is 957 g/mol. The highest BCUT2D eigenvalue weighted by Crippen LogP contribution is 2.45. The maximum Gasteiger partial charge on any atom is 0.407 e. The van der Waals surface area contributed by atoms with Crippen molar-refractivity contribution >= 4 is 29.7 Å². The van der Waals surface area contributed by atoms with Crippen molar-refractivity contribution in [1.29, 1.82) is 0 Å². The van der Waals surface area contributed by atoms with Crippen LogP contribution in [0.15, 0.2) is 127 Å². The Morgan fingerprint density at radius 1 is 0.586 bits per heavy atom. The van der Waals surface area contributed by atoms with Gasteiger partial charge in [-0.3, -0.25) is 19.2 Å². The zero-order valence-electron chi connectivity index (χ0n) is 40.0. The minimum absolute atomic E-state index is 0.0113. The molecule has 70 heavy (non-hydrogen) atoms. The van der Waals surface area contributed by atoms with E-state index in [4.69, 9.17) is 23.7 Å². The second kappa shape index (κ2) is 25.9. The average Bonchev–Trinajstić information content (AvgIpc) is 3.71. The first kappa shape index (κ1) is 52.1. The van der Waals surface area contributed by atoms with E-state index in [2.05, 4.69) is 38.7 Å². The summed E-state index contributed by atoms with van der Waals surface area (Å²) < 4.78 is 28.8. The summed E-state index contributed by atoms with van der Waals surface area (Å²) in [5.74, 6) is -0.622. The quantitative estimate of drug-likeness (QED) is 0.0308. The number of hydrogen-bond donors (Lipinski definition) is 6. The van der Waals surface area contributed by atoms with Gasteiger partial charge in [0.2, 0.25) is 23.6 Å². The summed E-state index contributed by atoms with van der Waals surface area (Å²) in [6.07, 6.45) is -1.40. The fraction of sp³-hybridized carbons (Fsp3) is 0.352. The highest BCUT2D eigenvalue weighted by Gasteiger charge is 2.38. The molecule has 3 atom stereocenters. The van der Waals surface area contributed by atoms with Gasteiger partial charge in [-0.1, -0.05) is 103 Å². The summed E-state index contributed by atoms with van der Waals surface area (Å²) in [7, 11) is 3.21. The van der Waals surface area contributed by atoms with Gasteiger partial charge in [0.1, 0.15) is 41.9 Å². The van der Waals surface area contributed by atoms with Crippen molar-refractivity contribution in [2.45, 2.75) is 62.8 Å². The summed E-state index contributed by atoms with van der Waals surface area (Å²) >= 11 is 0. The molecule has 0 fully saturated rings. The van der Waals surface area contributed by atoms with Crippen LogP contribution >= 0.6 is 0 Å². The number of benzene rings is 5. The number of ether oxygens (including phenoxy) is 5. The molecule has 0 aromatic heterocycles. The second-order valence-electron chi connectivity index (χ2n) is 16.8. The summed E-state index contributed by atoms with van der Waals surface area (Å²) in [5.41, 5.74) is 5.88. The molecule has 0 saturated carbocycles. The lowest BCUT2D eigenvalue weighted by Gasteiger charge is -2.36. The lowest BCUT2D eigenvalue weighted by Crippen LogP contribution is -2.52. The smallest absolute Gasteiger partial charge is 0.407 e. The molecule has 0 spiro atoms. The molecule has 5 aromatic carbocycles. The molecule has 6 rings (SSSR count). The maximum absolute atomic E-state index is 12.8. The molecule has 1 aliphatic rings. The van der Waals surface area contributed by atoms with Crippen LogP contribution in [0.25, 0.3) is 11.1 Å². The molecule has 5 amide bonds. The van der Waals surface area contributed by atoms with Gasteiger partial charge in [0.15, 0.2) is 0 Å². The lowest BCUT2D eigenvalue weighted by atomic mass is 9.80.